The van der Waals surface area contributed by atoms with Crippen LogP contribution < -0.4 is 5.32 Å². The van der Waals surface area contributed by atoms with Crippen LogP contribution in [0.3, 0.4) is 0 Å². The largest absolute Gasteiger partial charge is 0.337 e. The second-order valence-electron chi connectivity index (χ2n) is 5.47. The molecule has 92 valence electrons. The summed E-state index contributed by atoms with van der Waals surface area (Å²) in [7, 11) is 0. The van der Waals surface area contributed by atoms with Crippen molar-refractivity contribution in [2.24, 2.45) is 5.92 Å². The quantitative estimate of drug-likeness (QED) is 0.792. The fourth-order valence-corrected chi connectivity index (χ4v) is 3.11. The third-order valence-corrected chi connectivity index (χ3v) is 3.94. The van der Waals surface area contributed by atoms with Crippen LogP contribution in [0.2, 0.25) is 0 Å². The molecule has 2 rings (SSSR count). The summed E-state index contributed by atoms with van der Waals surface area (Å²) >= 11 is 0. The number of carbonyl (C=O) groups excluding carboxylic acids is 1. The van der Waals surface area contributed by atoms with E-state index in [4.69, 9.17) is 0 Å². The number of nitrogens with zero attached hydrogens (tertiary/aromatic N) is 1. The highest BCUT2D eigenvalue weighted by Crippen LogP contribution is 2.27. The molecule has 1 aliphatic carbocycles. The predicted molar refractivity (Wildman–Crippen MR) is 65.2 cm³/mol. The molecular formula is C13H24N2O. The van der Waals surface area contributed by atoms with E-state index in [1.807, 2.05) is 0 Å². The molecule has 1 aliphatic heterocycles. The molecular weight excluding hydrogens is 200 g/mol. The second-order valence-corrected chi connectivity index (χ2v) is 5.47. The van der Waals surface area contributed by atoms with E-state index in [2.05, 4.69) is 24.1 Å². The summed E-state index contributed by atoms with van der Waals surface area (Å²) in [6, 6.07) is 0.879. The lowest BCUT2D eigenvalue weighted by atomic mass is 10.0. The SMILES string of the molecule is CC(C)N(C(=O)C1CCNC1)C1CCCC1. The highest BCUT2D eigenvalue weighted by Gasteiger charge is 2.33. The fraction of sp³-hybridized carbons (Fsp3) is 0.923. The smallest absolute Gasteiger partial charge is 0.227 e. The summed E-state index contributed by atoms with van der Waals surface area (Å²) in [6.07, 6.45) is 6.04. The molecule has 16 heavy (non-hydrogen) atoms. The number of hydrogen-bond donors (Lipinski definition) is 1. The van der Waals surface area contributed by atoms with Crippen molar-refractivity contribution in [1.29, 1.82) is 0 Å². The molecule has 0 radical (unpaired) electrons. The highest BCUT2D eigenvalue weighted by molar-refractivity contribution is 5.80. The van der Waals surface area contributed by atoms with Gasteiger partial charge in [0.05, 0.1) is 5.92 Å². The molecule has 1 heterocycles. The lowest BCUT2D eigenvalue weighted by molar-refractivity contribution is -0.139. The molecule has 1 saturated carbocycles. The van der Waals surface area contributed by atoms with Crippen LogP contribution in [0.1, 0.15) is 46.0 Å². The van der Waals surface area contributed by atoms with Gasteiger partial charge in [0.25, 0.3) is 0 Å². The summed E-state index contributed by atoms with van der Waals surface area (Å²) in [5, 5.41) is 3.29. The van der Waals surface area contributed by atoms with Crippen LogP contribution >= 0.6 is 0 Å². The van der Waals surface area contributed by atoms with Crippen molar-refractivity contribution < 1.29 is 4.79 Å². The average molecular weight is 224 g/mol. The molecule has 2 aliphatic rings. The molecule has 1 saturated heterocycles. The van der Waals surface area contributed by atoms with Gasteiger partial charge in [-0.3, -0.25) is 4.79 Å². The number of amides is 1. The van der Waals surface area contributed by atoms with Crippen LogP contribution in [0.5, 0.6) is 0 Å². The van der Waals surface area contributed by atoms with Crippen molar-refractivity contribution >= 4 is 5.91 Å². The first-order valence-electron chi connectivity index (χ1n) is 6.73. The summed E-state index contributed by atoms with van der Waals surface area (Å²) in [5.41, 5.74) is 0. The van der Waals surface area contributed by atoms with Gasteiger partial charge in [-0.15, -0.1) is 0 Å². The zero-order valence-corrected chi connectivity index (χ0v) is 10.5. The summed E-state index contributed by atoms with van der Waals surface area (Å²) in [5.74, 6) is 0.634. The van der Waals surface area contributed by atoms with E-state index >= 15 is 0 Å². The molecule has 0 bridgehead atoms. The minimum Gasteiger partial charge on any atom is -0.337 e. The average Bonchev–Trinajstić information content (AvgIpc) is 2.89. The maximum atomic E-state index is 12.5. The molecule has 3 nitrogen and oxygen atoms in total. The van der Waals surface area contributed by atoms with Crippen LogP contribution in [0.4, 0.5) is 0 Å². The monoisotopic (exact) mass is 224 g/mol. The van der Waals surface area contributed by atoms with E-state index in [9.17, 15) is 4.79 Å². The first-order chi connectivity index (χ1) is 7.70. The van der Waals surface area contributed by atoms with Crippen LogP contribution in [-0.2, 0) is 4.79 Å². The summed E-state index contributed by atoms with van der Waals surface area (Å²) < 4.78 is 0. The van der Waals surface area contributed by atoms with Gasteiger partial charge in [-0.1, -0.05) is 12.8 Å². The van der Waals surface area contributed by atoms with E-state index in [1.165, 1.54) is 25.7 Å². The van der Waals surface area contributed by atoms with Crippen LogP contribution in [0, 0.1) is 5.92 Å². The molecule has 1 unspecified atom stereocenters. The van der Waals surface area contributed by atoms with Gasteiger partial charge < -0.3 is 10.2 Å². The lowest BCUT2D eigenvalue weighted by Gasteiger charge is -2.34. The zero-order valence-electron chi connectivity index (χ0n) is 10.5. The number of carbonyl (C=O) groups is 1. The number of nitrogens with one attached hydrogen (secondary N) is 1. The van der Waals surface area contributed by atoms with Gasteiger partial charge in [-0.2, -0.15) is 0 Å². The fourth-order valence-electron chi connectivity index (χ4n) is 3.11. The Morgan fingerprint density at radius 2 is 1.94 bits per heavy atom. The molecule has 2 fully saturated rings. The van der Waals surface area contributed by atoms with Crippen LogP contribution in [0.25, 0.3) is 0 Å². The van der Waals surface area contributed by atoms with Crippen molar-refractivity contribution in [3.05, 3.63) is 0 Å². The van der Waals surface area contributed by atoms with Gasteiger partial charge in [0.1, 0.15) is 0 Å². The van der Waals surface area contributed by atoms with Crippen molar-refractivity contribution in [3.8, 4) is 0 Å². The van der Waals surface area contributed by atoms with Gasteiger partial charge in [-0.25, -0.2) is 0 Å². The number of rotatable bonds is 3. The standard InChI is InChI=1S/C13H24N2O/c1-10(2)15(12-5-3-4-6-12)13(16)11-7-8-14-9-11/h10-12,14H,3-9H2,1-2H3. The van der Waals surface area contributed by atoms with Gasteiger partial charge in [-0.05, 0) is 39.7 Å². The minimum atomic E-state index is 0.239. The molecule has 0 spiro atoms. The highest BCUT2D eigenvalue weighted by atomic mass is 16.2. The van der Waals surface area contributed by atoms with Crippen LogP contribution in [0.15, 0.2) is 0 Å². The number of hydrogen-bond acceptors (Lipinski definition) is 2. The third kappa shape index (κ3) is 2.40. The van der Waals surface area contributed by atoms with Gasteiger partial charge in [0, 0.05) is 18.6 Å². The Hall–Kier alpha value is -0.570. The maximum absolute atomic E-state index is 12.5. The Balaban J connectivity index is 2.02. The molecule has 1 N–H and O–H groups in total. The van der Waals surface area contributed by atoms with E-state index in [0.717, 1.165) is 19.5 Å². The Kier molecular flexibility index (Phi) is 3.85. The van der Waals surface area contributed by atoms with E-state index in [1.54, 1.807) is 0 Å². The molecule has 0 aromatic heterocycles. The minimum absolute atomic E-state index is 0.239. The predicted octanol–water partition coefficient (Wildman–Crippen LogP) is 1.78. The van der Waals surface area contributed by atoms with Crippen molar-refractivity contribution in [1.82, 2.24) is 10.2 Å². The van der Waals surface area contributed by atoms with Gasteiger partial charge >= 0.3 is 0 Å². The first kappa shape index (κ1) is 11.9. The maximum Gasteiger partial charge on any atom is 0.227 e. The summed E-state index contributed by atoms with van der Waals surface area (Å²) in [4.78, 5) is 14.6. The summed E-state index contributed by atoms with van der Waals surface area (Å²) in [6.45, 7) is 6.19. The first-order valence-corrected chi connectivity index (χ1v) is 6.73. The van der Waals surface area contributed by atoms with E-state index in [0.29, 0.717) is 18.0 Å². The Morgan fingerprint density at radius 1 is 1.25 bits per heavy atom. The Labute approximate surface area is 98.6 Å². The Morgan fingerprint density at radius 3 is 2.44 bits per heavy atom. The van der Waals surface area contributed by atoms with Crippen LogP contribution in [-0.4, -0.2) is 36.0 Å². The molecule has 3 heteroatoms. The lowest BCUT2D eigenvalue weighted by Crippen LogP contribution is -2.47. The molecule has 0 aromatic rings. The third-order valence-electron chi connectivity index (χ3n) is 3.94. The van der Waals surface area contributed by atoms with E-state index in [-0.39, 0.29) is 5.92 Å². The Bertz CT molecular complexity index is 240. The van der Waals surface area contributed by atoms with Crippen molar-refractivity contribution in [3.63, 3.8) is 0 Å². The van der Waals surface area contributed by atoms with E-state index < -0.39 is 0 Å². The van der Waals surface area contributed by atoms with Crippen molar-refractivity contribution in [2.75, 3.05) is 13.1 Å². The van der Waals surface area contributed by atoms with Gasteiger partial charge in [0.15, 0.2) is 0 Å². The van der Waals surface area contributed by atoms with Crippen molar-refractivity contribution in [2.45, 2.75) is 58.0 Å². The zero-order chi connectivity index (χ0) is 11.5. The normalized spacial score (nSPS) is 26.6. The molecule has 1 atom stereocenters. The topological polar surface area (TPSA) is 32.3 Å². The van der Waals surface area contributed by atoms with Gasteiger partial charge in [0.2, 0.25) is 5.91 Å². The molecule has 0 aromatic carbocycles. The molecule has 1 amide bonds. The second kappa shape index (κ2) is 5.17.